The number of hydrogen-bond acceptors (Lipinski definition) is 2. The molecule has 100 valence electrons. The van der Waals surface area contributed by atoms with E-state index >= 15 is 0 Å². The largest absolute Gasteiger partial charge is 0.478 e. The van der Waals surface area contributed by atoms with Gasteiger partial charge in [-0.15, -0.1) is 0 Å². The van der Waals surface area contributed by atoms with Crippen molar-refractivity contribution in [1.29, 1.82) is 0 Å². The SMILES string of the molecule is CCC(C)CN(C)Cc1cc(F)cc(C(=O)O)c1. The predicted molar refractivity (Wildman–Crippen MR) is 69.1 cm³/mol. The molecule has 0 aliphatic rings. The molecule has 0 fully saturated rings. The van der Waals surface area contributed by atoms with Crippen molar-refractivity contribution in [2.45, 2.75) is 26.8 Å². The Kier molecular flexibility index (Phi) is 5.28. The Bertz CT molecular complexity index is 420. The second kappa shape index (κ2) is 6.50. The number of halogens is 1. The van der Waals surface area contributed by atoms with Gasteiger partial charge in [-0.2, -0.15) is 0 Å². The zero-order valence-corrected chi connectivity index (χ0v) is 11.1. The molecule has 3 nitrogen and oxygen atoms in total. The van der Waals surface area contributed by atoms with E-state index in [-0.39, 0.29) is 5.56 Å². The summed E-state index contributed by atoms with van der Waals surface area (Å²) < 4.78 is 13.3. The van der Waals surface area contributed by atoms with E-state index in [2.05, 4.69) is 18.7 Å². The van der Waals surface area contributed by atoms with Crippen molar-refractivity contribution in [2.75, 3.05) is 13.6 Å². The first kappa shape index (κ1) is 14.6. The maximum atomic E-state index is 13.3. The fourth-order valence-electron chi connectivity index (χ4n) is 1.90. The molecule has 1 aromatic carbocycles. The van der Waals surface area contributed by atoms with Crippen LogP contribution in [0.15, 0.2) is 18.2 Å². The van der Waals surface area contributed by atoms with Gasteiger partial charge in [-0.1, -0.05) is 20.3 Å². The smallest absolute Gasteiger partial charge is 0.335 e. The third-order valence-corrected chi connectivity index (χ3v) is 2.98. The first-order chi connectivity index (χ1) is 8.42. The minimum Gasteiger partial charge on any atom is -0.478 e. The van der Waals surface area contributed by atoms with Gasteiger partial charge in [0.05, 0.1) is 5.56 Å². The van der Waals surface area contributed by atoms with Crippen LogP contribution in [0.25, 0.3) is 0 Å². The van der Waals surface area contributed by atoms with Gasteiger partial charge < -0.3 is 10.0 Å². The van der Waals surface area contributed by atoms with E-state index in [9.17, 15) is 9.18 Å². The van der Waals surface area contributed by atoms with Crippen LogP contribution in [-0.4, -0.2) is 29.6 Å². The molecule has 0 spiro atoms. The fourth-order valence-corrected chi connectivity index (χ4v) is 1.90. The molecular formula is C14H20FNO2. The van der Waals surface area contributed by atoms with Crippen LogP contribution in [0.1, 0.15) is 36.2 Å². The molecule has 1 rings (SSSR count). The van der Waals surface area contributed by atoms with E-state index in [1.54, 1.807) is 0 Å². The Hall–Kier alpha value is -1.42. The number of rotatable bonds is 6. The van der Waals surface area contributed by atoms with E-state index in [1.807, 2.05) is 7.05 Å². The average molecular weight is 253 g/mol. The van der Waals surface area contributed by atoms with Crippen molar-refractivity contribution in [1.82, 2.24) is 4.90 Å². The molecule has 0 heterocycles. The first-order valence-electron chi connectivity index (χ1n) is 6.13. The Morgan fingerprint density at radius 2 is 2.11 bits per heavy atom. The zero-order valence-electron chi connectivity index (χ0n) is 11.1. The molecule has 0 amide bonds. The van der Waals surface area contributed by atoms with Crippen molar-refractivity contribution in [3.8, 4) is 0 Å². The summed E-state index contributed by atoms with van der Waals surface area (Å²) in [6.45, 7) is 5.76. The number of carboxylic acids is 1. The van der Waals surface area contributed by atoms with Gasteiger partial charge in [-0.25, -0.2) is 9.18 Å². The number of hydrogen-bond donors (Lipinski definition) is 1. The van der Waals surface area contributed by atoms with Crippen LogP contribution in [0.4, 0.5) is 4.39 Å². The number of benzene rings is 1. The summed E-state index contributed by atoms with van der Waals surface area (Å²) in [6, 6.07) is 3.96. The van der Waals surface area contributed by atoms with Gasteiger partial charge >= 0.3 is 5.97 Å². The van der Waals surface area contributed by atoms with Crippen molar-refractivity contribution in [2.24, 2.45) is 5.92 Å². The Morgan fingerprint density at radius 1 is 1.44 bits per heavy atom. The van der Waals surface area contributed by atoms with Crippen LogP contribution in [0, 0.1) is 11.7 Å². The summed E-state index contributed by atoms with van der Waals surface area (Å²) in [4.78, 5) is 12.9. The molecule has 0 aromatic heterocycles. The van der Waals surface area contributed by atoms with Crippen molar-refractivity contribution in [3.05, 3.63) is 35.1 Å². The summed E-state index contributed by atoms with van der Waals surface area (Å²) in [5, 5.41) is 8.87. The van der Waals surface area contributed by atoms with Crippen LogP contribution in [0.3, 0.4) is 0 Å². The van der Waals surface area contributed by atoms with E-state index in [0.29, 0.717) is 18.0 Å². The molecule has 0 saturated heterocycles. The third kappa shape index (κ3) is 4.45. The molecule has 1 N–H and O–H groups in total. The molecule has 1 unspecified atom stereocenters. The normalized spacial score (nSPS) is 12.7. The molecule has 0 saturated carbocycles. The number of carbonyl (C=O) groups is 1. The van der Waals surface area contributed by atoms with E-state index < -0.39 is 11.8 Å². The minimum atomic E-state index is -1.10. The molecule has 0 aliphatic heterocycles. The van der Waals surface area contributed by atoms with Crippen LogP contribution in [0.2, 0.25) is 0 Å². The van der Waals surface area contributed by atoms with E-state index in [0.717, 1.165) is 19.0 Å². The van der Waals surface area contributed by atoms with Gasteiger partial charge in [0.2, 0.25) is 0 Å². The number of aromatic carboxylic acids is 1. The van der Waals surface area contributed by atoms with Crippen LogP contribution in [0.5, 0.6) is 0 Å². The van der Waals surface area contributed by atoms with Gasteiger partial charge in [-0.3, -0.25) is 0 Å². The van der Waals surface area contributed by atoms with Crippen molar-refractivity contribution in [3.63, 3.8) is 0 Å². The second-order valence-corrected chi connectivity index (χ2v) is 4.86. The quantitative estimate of drug-likeness (QED) is 0.847. The first-order valence-corrected chi connectivity index (χ1v) is 6.13. The summed E-state index contributed by atoms with van der Waals surface area (Å²) in [5.74, 6) is -1.02. The van der Waals surface area contributed by atoms with Gasteiger partial charge in [0.25, 0.3) is 0 Å². The highest BCUT2D eigenvalue weighted by Crippen LogP contribution is 2.12. The lowest BCUT2D eigenvalue weighted by molar-refractivity contribution is 0.0696. The van der Waals surface area contributed by atoms with Gasteiger partial charge in [0, 0.05) is 13.1 Å². The number of nitrogens with zero attached hydrogens (tertiary/aromatic N) is 1. The monoisotopic (exact) mass is 253 g/mol. The molecule has 1 atom stereocenters. The Morgan fingerprint density at radius 3 is 2.67 bits per heavy atom. The van der Waals surface area contributed by atoms with E-state index in [1.165, 1.54) is 12.1 Å². The van der Waals surface area contributed by atoms with Crippen LogP contribution >= 0.6 is 0 Å². The maximum Gasteiger partial charge on any atom is 0.335 e. The van der Waals surface area contributed by atoms with Crippen LogP contribution in [-0.2, 0) is 6.54 Å². The summed E-state index contributed by atoms with van der Waals surface area (Å²) in [7, 11) is 1.96. The maximum absolute atomic E-state index is 13.3. The van der Waals surface area contributed by atoms with Crippen molar-refractivity contribution >= 4 is 5.97 Å². The molecule has 1 aromatic rings. The van der Waals surface area contributed by atoms with Gasteiger partial charge in [-0.05, 0) is 36.7 Å². The average Bonchev–Trinajstić information content (AvgIpc) is 2.27. The highest BCUT2D eigenvalue weighted by Gasteiger charge is 2.10. The fraction of sp³-hybridized carbons (Fsp3) is 0.500. The lowest BCUT2D eigenvalue weighted by Crippen LogP contribution is -2.23. The zero-order chi connectivity index (χ0) is 13.7. The number of carboxylic acid groups (broad SMARTS) is 1. The highest BCUT2D eigenvalue weighted by atomic mass is 19.1. The molecule has 18 heavy (non-hydrogen) atoms. The summed E-state index contributed by atoms with van der Waals surface area (Å²) in [5.41, 5.74) is 0.695. The van der Waals surface area contributed by atoms with Crippen molar-refractivity contribution < 1.29 is 14.3 Å². The van der Waals surface area contributed by atoms with Crippen LogP contribution < -0.4 is 0 Å². The molecule has 0 bridgehead atoms. The molecule has 0 aliphatic carbocycles. The molecular weight excluding hydrogens is 233 g/mol. The minimum absolute atomic E-state index is 0.00180. The molecule has 0 radical (unpaired) electrons. The summed E-state index contributed by atoms with van der Waals surface area (Å²) in [6.07, 6.45) is 1.09. The molecule has 4 heteroatoms. The highest BCUT2D eigenvalue weighted by molar-refractivity contribution is 5.87. The Labute approximate surface area is 107 Å². The topological polar surface area (TPSA) is 40.5 Å². The van der Waals surface area contributed by atoms with Gasteiger partial charge in [0.1, 0.15) is 5.82 Å². The lowest BCUT2D eigenvalue weighted by Gasteiger charge is -2.20. The summed E-state index contributed by atoms with van der Waals surface area (Å²) >= 11 is 0. The Balaban J connectivity index is 2.75. The second-order valence-electron chi connectivity index (χ2n) is 4.86. The lowest BCUT2D eigenvalue weighted by atomic mass is 10.1. The van der Waals surface area contributed by atoms with E-state index in [4.69, 9.17) is 5.11 Å². The van der Waals surface area contributed by atoms with Gasteiger partial charge in [0.15, 0.2) is 0 Å². The third-order valence-electron chi connectivity index (χ3n) is 2.98. The predicted octanol–water partition coefficient (Wildman–Crippen LogP) is 3.00. The standard InChI is InChI=1S/C14H20FNO2/c1-4-10(2)8-16(3)9-11-5-12(14(17)18)7-13(15)6-11/h5-7,10H,4,8-9H2,1-3H3,(H,17,18).